The molecule has 0 saturated carbocycles. The van der Waals surface area contributed by atoms with Crippen molar-refractivity contribution in [1.29, 1.82) is 5.26 Å². The molecule has 4 rings (SSSR count). The number of hydrogen-bond acceptors (Lipinski definition) is 9. The van der Waals surface area contributed by atoms with Crippen molar-refractivity contribution in [2.45, 2.75) is 32.1 Å². The van der Waals surface area contributed by atoms with Gasteiger partial charge in [-0.3, -0.25) is 9.69 Å². The predicted octanol–water partition coefficient (Wildman–Crippen LogP) is 4.69. The van der Waals surface area contributed by atoms with Crippen LogP contribution in [0.25, 0.3) is 0 Å². The number of benzene rings is 3. The van der Waals surface area contributed by atoms with Gasteiger partial charge in [-0.05, 0) is 40.8 Å². The van der Waals surface area contributed by atoms with Gasteiger partial charge in [0.1, 0.15) is 23.9 Å². The first-order valence-electron chi connectivity index (χ1n) is 14.3. The first kappa shape index (κ1) is 32.4. The Balaban J connectivity index is 1.69. The summed E-state index contributed by atoms with van der Waals surface area (Å²) in [6.07, 6.45) is 0. The number of ether oxygens (including phenoxy) is 3. The number of carbonyl (C=O) groups excluding carboxylic acids is 3. The molecular formula is C35H36N4O6. The van der Waals surface area contributed by atoms with Crippen LogP contribution in [0.5, 0.6) is 5.75 Å². The lowest BCUT2D eigenvalue weighted by molar-refractivity contribution is -0.139. The Kier molecular flexibility index (Phi) is 9.94. The number of nitriles is 1. The topological polar surface area (TPSA) is 144 Å². The Morgan fingerprint density at radius 2 is 1.53 bits per heavy atom. The van der Waals surface area contributed by atoms with E-state index in [1.54, 1.807) is 54.6 Å². The maximum absolute atomic E-state index is 13.5. The van der Waals surface area contributed by atoms with Crippen LogP contribution in [0.3, 0.4) is 0 Å². The van der Waals surface area contributed by atoms with Gasteiger partial charge >= 0.3 is 11.9 Å². The van der Waals surface area contributed by atoms with Gasteiger partial charge in [0, 0.05) is 0 Å². The van der Waals surface area contributed by atoms with E-state index in [-0.39, 0.29) is 52.5 Å². The van der Waals surface area contributed by atoms with E-state index in [0.717, 1.165) is 7.11 Å². The van der Waals surface area contributed by atoms with Crippen molar-refractivity contribution < 1.29 is 28.6 Å². The molecule has 0 saturated heterocycles. The summed E-state index contributed by atoms with van der Waals surface area (Å²) in [6.45, 7) is 6.77. The third kappa shape index (κ3) is 6.83. The van der Waals surface area contributed by atoms with Crippen LogP contribution in [-0.4, -0.2) is 45.2 Å². The highest BCUT2D eigenvalue weighted by Crippen LogP contribution is 2.43. The average molecular weight is 609 g/mol. The Bertz CT molecular complexity index is 1680. The second-order valence-electron chi connectivity index (χ2n) is 11.2. The lowest BCUT2D eigenvalue weighted by Crippen LogP contribution is -2.41. The fourth-order valence-corrected chi connectivity index (χ4v) is 5.10. The van der Waals surface area contributed by atoms with Gasteiger partial charge in [0.15, 0.2) is 0 Å². The summed E-state index contributed by atoms with van der Waals surface area (Å²) in [5.74, 6) is -2.74. The molecule has 0 aliphatic carbocycles. The van der Waals surface area contributed by atoms with Crippen LogP contribution >= 0.6 is 0 Å². The molecule has 1 aliphatic heterocycles. The van der Waals surface area contributed by atoms with Crippen LogP contribution < -0.4 is 20.7 Å². The normalized spacial score (nSPS) is 14.8. The number of para-hydroxylation sites is 1. The van der Waals surface area contributed by atoms with Gasteiger partial charge in [-0.25, -0.2) is 9.59 Å². The van der Waals surface area contributed by atoms with Crippen LogP contribution in [-0.2, 0) is 24.5 Å². The van der Waals surface area contributed by atoms with E-state index in [2.05, 4.69) is 32.2 Å². The van der Waals surface area contributed by atoms with Crippen molar-refractivity contribution in [2.75, 3.05) is 32.3 Å². The zero-order valence-corrected chi connectivity index (χ0v) is 25.9. The van der Waals surface area contributed by atoms with E-state index in [0.29, 0.717) is 11.3 Å². The number of anilines is 1. The van der Waals surface area contributed by atoms with Crippen LogP contribution in [0.1, 0.15) is 48.2 Å². The Morgan fingerprint density at radius 3 is 2.13 bits per heavy atom. The van der Waals surface area contributed by atoms with Gasteiger partial charge in [0.25, 0.3) is 5.91 Å². The molecule has 3 aromatic carbocycles. The molecule has 1 heterocycles. The number of rotatable bonds is 9. The number of nitrogens with one attached hydrogen (secondary N) is 1. The minimum Gasteiger partial charge on any atom is -0.492 e. The van der Waals surface area contributed by atoms with Crippen LogP contribution in [0.2, 0.25) is 0 Å². The molecule has 3 aromatic rings. The van der Waals surface area contributed by atoms with Crippen molar-refractivity contribution in [1.82, 2.24) is 5.32 Å². The zero-order valence-electron chi connectivity index (χ0n) is 25.9. The van der Waals surface area contributed by atoms with E-state index in [9.17, 15) is 19.6 Å². The summed E-state index contributed by atoms with van der Waals surface area (Å²) in [6, 6.07) is 25.0. The fraction of sp³-hybridized carbons (Fsp3) is 0.257. The van der Waals surface area contributed by atoms with Crippen molar-refractivity contribution in [3.8, 4) is 11.8 Å². The first-order chi connectivity index (χ1) is 21.5. The number of allylic oxidation sites excluding steroid dienone is 1. The third-order valence-electron chi connectivity index (χ3n) is 7.38. The van der Waals surface area contributed by atoms with Gasteiger partial charge in [-0.1, -0.05) is 75.4 Å². The monoisotopic (exact) mass is 608 g/mol. The Morgan fingerprint density at radius 1 is 0.911 bits per heavy atom. The molecule has 10 heteroatoms. The number of nitrogens with two attached hydrogens (primary N) is 1. The van der Waals surface area contributed by atoms with Crippen molar-refractivity contribution in [3.63, 3.8) is 0 Å². The number of nitrogens with zero attached hydrogens (tertiary/aromatic N) is 2. The number of amides is 1. The van der Waals surface area contributed by atoms with Crippen LogP contribution in [0.15, 0.2) is 102 Å². The molecule has 1 amide bonds. The van der Waals surface area contributed by atoms with E-state index in [1.807, 2.05) is 24.3 Å². The fourth-order valence-electron chi connectivity index (χ4n) is 5.10. The molecule has 0 spiro atoms. The van der Waals surface area contributed by atoms with Gasteiger partial charge in [-0.2, -0.15) is 5.26 Å². The van der Waals surface area contributed by atoms with Crippen LogP contribution in [0.4, 0.5) is 5.69 Å². The number of hydrogen-bond donors (Lipinski definition) is 2. The maximum Gasteiger partial charge on any atom is 0.355 e. The molecule has 1 unspecified atom stereocenters. The van der Waals surface area contributed by atoms with Gasteiger partial charge in [0.2, 0.25) is 0 Å². The standard InChI is InChI=1S/C35H36N4O6/c1-35(2,3)23-15-17-24(18-16-23)45-20-19-38-32(40)25-13-9-10-14-27(25)39-30(34(42)44-5)29(33(41)43-4)28(26(21-36)31(39)37)22-11-7-6-8-12-22/h6-18,28H,19-20,37H2,1-5H3,(H,38,40). The number of esters is 2. The summed E-state index contributed by atoms with van der Waals surface area (Å²) in [5.41, 5.74) is 8.22. The highest BCUT2D eigenvalue weighted by atomic mass is 16.5. The third-order valence-corrected chi connectivity index (χ3v) is 7.38. The van der Waals surface area contributed by atoms with E-state index in [4.69, 9.17) is 19.9 Å². The molecule has 45 heavy (non-hydrogen) atoms. The molecule has 0 fully saturated rings. The van der Waals surface area contributed by atoms with Crippen molar-refractivity contribution in [3.05, 3.63) is 118 Å². The second kappa shape index (κ2) is 13.8. The highest BCUT2D eigenvalue weighted by Gasteiger charge is 2.43. The lowest BCUT2D eigenvalue weighted by Gasteiger charge is -2.36. The highest BCUT2D eigenvalue weighted by molar-refractivity contribution is 6.08. The summed E-state index contributed by atoms with van der Waals surface area (Å²) < 4.78 is 16.0. The molecule has 0 bridgehead atoms. The predicted molar refractivity (Wildman–Crippen MR) is 169 cm³/mol. The number of methoxy groups -OCH3 is 2. The Labute approximate surface area is 262 Å². The quantitative estimate of drug-likeness (QED) is 0.261. The summed E-state index contributed by atoms with van der Waals surface area (Å²) in [4.78, 5) is 41.4. The summed E-state index contributed by atoms with van der Waals surface area (Å²) >= 11 is 0. The second-order valence-corrected chi connectivity index (χ2v) is 11.2. The Hall–Kier alpha value is -5.56. The molecule has 0 aromatic heterocycles. The SMILES string of the molecule is COC(=O)C1=C(C(=O)OC)N(c2ccccc2C(=O)NCCOc2ccc(C(C)(C)C)cc2)C(N)=C(C#N)C1c1ccccc1. The van der Waals surface area contributed by atoms with Crippen LogP contribution in [0, 0.1) is 11.3 Å². The molecule has 3 N–H and O–H groups in total. The average Bonchev–Trinajstić information content (AvgIpc) is 3.05. The van der Waals surface area contributed by atoms with Gasteiger partial charge in [0.05, 0.1) is 55.1 Å². The summed E-state index contributed by atoms with van der Waals surface area (Å²) in [7, 11) is 2.34. The van der Waals surface area contributed by atoms with Gasteiger partial charge in [-0.15, -0.1) is 0 Å². The number of carbonyl (C=O) groups is 3. The minimum atomic E-state index is -1.02. The lowest BCUT2D eigenvalue weighted by atomic mass is 9.80. The minimum absolute atomic E-state index is 0.00431. The van der Waals surface area contributed by atoms with E-state index in [1.165, 1.54) is 17.6 Å². The first-order valence-corrected chi connectivity index (χ1v) is 14.3. The molecule has 1 atom stereocenters. The largest absolute Gasteiger partial charge is 0.492 e. The molecule has 1 aliphatic rings. The molecule has 232 valence electrons. The van der Waals surface area contributed by atoms with E-state index < -0.39 is 23.8 Å². The molecular weight excluding hydrogens is 572 g/mol. The zero-order chi connectivity index (χ0) is 32.7. The van der Waals surface area contributed by atoms with Gasteiger partial charge < -0.3 is 25.3 Å². The van der Waals surface area contributed by atoms with Crippen molar-refractivity contribution >= 4 is 23.5 Å². The summed E-state index contributed by atoms with van der Waals surface area (Å²) in [5, 5.41) is 13.1. The van der Waals surface area contributed by atoms with E-state index >= 15 is 0 Å². The molecule has 0 radical (unpaired) electrons. The maximum atomic E-state index is 13.5. The molecule has 10 nitrogen and oxygen atoms in total. The van der Waals surface area contributed by atoms with Crippen molar-refractivity contribution in [2.24, 2.45) is 5.73 Å². The smallest absolute Gasteiger partial charge is 0.355 e.